The van der Waals surface area contributed by atoms with Gasteiger partial charge < -0.3 is 4.74 Å². The van der Waals surface area contributed by atoms with Crippen molar-refractivity contribution in [3.8, 4) is 0 Å². The van der Waals surface area contributed by atoms with Gasteiger partial charge in [-0.1, -0.05) is 33.6 Å². The van der Waals surface area contributed by atoms with E-state index < -0.39 is 10.0 Å². The maximum atomic E-state index is 11.4. The molecule has 0 spiro atoms. The van der Waals surface area contributed by atoms with Gasteiger partial charge in [0, 0.05) is 12.0 Å². The number of primary sulfonamides is 1. The van der Waals surface area contributed by atoms with Crippen molar-refractivity contribution in [1.29, 1.82) is 0 Å². The first kappa shape index (κ1) is 16.9. The summed E-state index contributed by atoms with van der Waals surface area (Å²) in [6, 6.07) is 0. The molecule has 0 amide bonds. The molecule has 0 aromatic carbocycles. The minimum Gasteiger partial charge on any atom is -0.381 e. The Hall–Kier alpha value is -0.130. The standard InChI is InChI=1S/C12H27NO3S/c1-4-7-12(8-5-2,10-16-9-6-3)11-17(13,14)15/h4-11H2,1-3H3,(H2,13,14,15). The van der Waals surface area contributed by atoms with Crippen molar-refractivity contribution in [2.45, 2.75) is 52.9 Å². The van der Waals surface area contributed by atoms with E-state index in [1.165, 1.54) is 0 Å². The van der Waals surface area contributed by atoms with Crippen LogP contribution in [-0.2, 0) is 14.8 Å². The summed E-state index contributed by atoms with van der Waals surface area (Å²) in [6.07, 6.45) is 4.54. The fraction of sp³-hybridized carbons (Fsp3) is 1.00. The highest BCUT2D eigenvalue weighted by atomic mass is 32.2. The minimum absolute atomic E-state index is 0.0331. The third-order valence-electron chi connectivity index (χ3n) is 2.82. The molecule has 0 atom stereocenters. The molecule has 4 nitrogen and oxygen atoms in total. The highest BCUT2D eigenvalue weighted by Crippen LogP contribution is 2.31. The number of hydrogen-bond acceptors (Lipinski definition) is 3. The smallest absolute Gasteiger partial charge is 0.209 e. The molecule has 0 saturated carbocycles. The van der Waals surface area contributed by atoms with Crippen LogP contribution in [0.15, 0.2) is 0 Å². The maximum Gasteiger partial charge on any atom is 0.209 e. The normalized spacial score (nSPS) is 12.9. The van der Waals surface area contributed by atoms with Crippen LogP contribution in [0.1, 0.15) is 52.9 Å². The Morgan fingerprint density at radius 3 is 1.94 bits per heavy atom. The quantitative estimate of drug-likeness (QED) is 0.616. The molecule has 0 saturated heterocycles. The van der Waals surface area contributed by atoms with Gasteiger partial charge in [0.25, 0.3) is 0 Å². The summed E-state index contributed by atoms with van der Waals surface area (Å²) in [6.45, 7) is 7.35. The van der Waals surface area contributed by atoms with Crippen molar-refractivity contribution in [2.24, 2.45) is 10.6 Å². The zero-order valence-electron chi connectivity index (χ0n) is 11.4. The van der Waals surface area contributed by atoms with Gasteiger partial charge in [-0.15, -0.1) is 0 Å². The fourth-order valence-electron chi connectivity index (χ4n) is 2.38. The predicted molar refractivity (Wildman–Crippen MR) is 71.3 cm³/mol. The van der Waals surface area contributed by atoms with Crippen molar-refractivity contribution in [2.75, 3.05) is 19.0 Å². The second kappa shape index (κ2) is 8.06. The Balaban J connectivity index is 4.71. The summed E-state index contributed by atoms with van der Waals surface area (Å²) in [4.78, 5) is 0. The molecule has 0 fully saturated rings. The number of hydrogen-bond donors (Lipinski definition) is 1. The molecule has 0 bridgehead atoms. The fourth-order valence-corrected chi connectivity index (χ4v) is 3.60. The van der Waals surface area contributed by atoms with Crippen LogP contribution in [0.4, 0.5) is 0 Å². The Morgan fingerprint density at radius 1 is 1.06 bits per heavy atom. The van der Waals surface area contributed by atoms with E-state index in [-0.39, 0.29) is 11.2 Å². The van der Waals surface area contributed by atoms with Gasteiger partial charge in [-0.2, -0.15) is 0 Å². The second-order valence-electron chi connectivity index (χ2n) is 4.86. The SMILES string of the molecule is CCCOCC(CCC)(CCC)CS(N)(=O)=O. The average molecular weight is 265 g/mol. The Labute approximate surface area is 106 Å². The molecule has 0 unspecified atom stereocenters. The molecule has 0 aliphatic rings. The summed E-state index contributed by atoms with van der Waals surface area (Å²) in [7, 11) is -3.44. The summed E-state index contributed by atoms with van der Waals surface area (Å²) >= 11 is 0. The molecule has 104 valence electrons. The zero-order chi connectivity index (χ0) is 13.4. The van der Waals surface area contributed by atoms with Crippen molar-refractivity contribution < 1.29 is 13.2 Å². The van der Waals surface area contributed by atoms with E-state index in [2.05, 4.69) is 13.8 Å². The lowest BCUT2D eigenvalue weighted by Crippen LogP contribution is -2.37. The zero-order valence-corrected chi connectivity index (χ0v) is 12.2. The lowest BCUT2D eigenvalue weighted by atomic mass is 9.82. The summed E-state index contributed by atoms with van der Waals surface area (Å²) in [5.41, 5.74) is -0.299. The molecule has 17 heavy (non-hydrogen) atoms. The molecule has 0 aliphatic heterocycles. The summed E-state index contributed by atoms with van der Waals surface area (Å²) < 4.78 is 28.3. The van der Waals surface area contributed by atoms with Gasteiger partial charge in [-0.25, -0.2) is 13.6 Å². The number of rotatable bonds is 10. The van der Waals surface area contributed by atoms with Crippen molar-refractivity contribution >= 4 is 10.0 Å². The molecule has 0 radical (unpaired) electrons. The van der Waals surface area contributed by atoms with Crippen molar-refractivity contribution in [3.63, 3.8) is 0 Å². The van der Waals surface area contributed by atoms with Crippen LogP contribution in [0, 0.1) is 5.41 Å². The highest BCUT2D eigenvalue weighted by Gasteiger charge is 2.33. The molecule has 0 rings (SSSR count). The molecular weight excluding hydrogens is 238 g/mol. The molecule has 0 heterocycles. The van der Waals surface area contributed by atoms with Gasteiger partial charge in [-0.3, -0.25) is 0 Å². The molecule has 5 heteroatoms. The van der Waals surface area contributed by atoms with Crippen LogP contribution < -0.4 is 5.14 Å². The Kier molecular flexibility index (Phi) is 8.00. The van der Waals surface area contributed by atoms with Crippen LogP contribution >= 0.6 is 0 Å². The predicted octanol–water partition coefficient (Wildman–Crippen LogP) is 2.29. The molecular formula is C12H27NO3S. The van der Waals surface area contributed by atoms with Gasteiger partial charge in [0.2, 0.25) is 10.0 Å². The first-order chi connectivity index (χ1) is 7.89. The van der Waals surface area contributed by atoms with Crippen LogP contribution in [0.3, 0.4) is 0 Å². The average Bonchev–Trinajstić information content (AvgIpc) is 2.16. The first-order valence-corrected chi connectivity index (χ1v) is 8.19. The molecule has 2 N–H and O–H groups in total. The third kappa shape index (κ3) is 7.73. The monoisotopic (exact) mass is 265 g/mol. The lowest BCUT2D eigenvalue weighted by Gasteiger charge is -2.32. The lowest BCUT2D eigenvalue weighted by molar-refractivity contribution is 0.0442. The number of ether oxygens (including phenoxy) is 1. The van der Waals surface area contributed by atoms with E-state index in [1.807, 2.05) is 6.92 Å². The largest absolute Gasteiger partial charge is 0.381 e. The minimum atomic E-state index is -3.44. The van der Waals surface area contributed by atoms with Gasteiger partial charge in [0.15, 0.2) is 0 Å². The van der Waals surface area contributed by atoms with E-state index in [4.69, 9.17) is 9.88 Å². The van der Waals surface area contributed by atoms with Crippen LogP contribution in [0.5, 0.6) is 0 Å². The van der Waals surface area contributed by atoms with Crippen molar-refractivity contribution in [1.82, 2.24) is 0 Å². The second-order valence-corrected chi connectivity index (χ2v) is 6.47. The third-order valence-corrected chi connectivity index (χ3v) is 3.84. The van der Waals surface area contributed by atoms with Gasteiger partial charge in [0.1, 0.15) is 0 Å². The molecule has 0 aliphatic carbocycles. The summed E-state index contributed by atoms with van der Waals surface area (Å²) in [5, 5.41) is 5.20. The van der Waals surface area contributed by atoms with Crippen LogP contribution in [0.2, 0.25) is 0 Å². The first-order valence-electron chi connectivity index (χ1n) is 6.47. The van der Waals surface area contributed by atoms with Gasteiger partial charge in [0.05, 0.1) is 12.4 Å². The number of nitrogens with two attached hydrogens (primary N) is 1. The van der Waals surface area contributed by atoms with E-state index in [0.717, 1.165) is 32.1 Å². The molecule has 0 aromatic heterocycles. The highest BCUT2D eigenvalue weighted by molar-refractivity contribution is 7.89. The van der Waals surface area contributed by atoms with E-state index in [9.17, 15) is 8.42 Å². The van der Waals surface area contributed by atoms with Gasteiger partial charge >= 0.3 is 0 Å². The topological polar surface area (TPSA) is 69.4 Å². The maximum absolute atomic E-state index is 11.4. The van der Waals surface area contributed by atoms with Crippen molar-refractivity contribution in [3.05, 3.63) is 0 Å². The summed E-state index contributed by atoms with van der Waals surface area (Å²) in [5.74, 6) is 0.0331. The van der Waals surface area contributed by atoms with Crippen LogP contribution in [0.25, 0.3) is 0 Å². The van der Waals surface area contributed by atoms with E-state index in [0.29, 0.717) is 13.2 Å². The van der Waals surface area contributed by atoms with E-state index in [1.54, 1.807) is 0 Å². The number of sulfonamides is 1. The van der Waals surface area contributed by atoms with Gasteiger partial charge in [-0.05, 0) is 19.3 Å². The molecule has 0 aromatic rings. The Morgan fingerprint density at radius 2 is 1.59 bits per heavy atom. The van der Waals surface area contributed by atoms with E-state index >= 15 is 0 Å². The Bertz CT molecular complexity index is 282. The van der Waals surface area contributed by atoms with Crippen LogP contribution in [-0.4, -0.2) is 27.4 Å².